The van der Waals surface area contributed by atoms with Gasteiger partial charge in [0.25, 0.3) is 0 Å². The molecule has 2 aromatic carbocycles. The van der Waals surface area contributed by atoms with Gasteiger partial charge in [-0.3, -0.25) is 4.79 Å². The van der Waals surface area contributed by atoms with Crippen LogP contribution in [0.5, 0.6) is 11.5 Å². The van der Waals surface area contributed by atoms with Crippen molar-refractivity contribution in [3.05, 3.63) is 58.1 Å². The predicted octanol–water partition coefficient (Wildman–Crippen LogP) is 4.53. The van der Waals surface area contributed by atoms with Gasteiger partial charge in [0, 0.05) is 5.56 Å². The molecule has 0 bridgehead atoms. The van der Waals surface area contributed by atoms with Gasteiger partial charge in [-0.05, 0) is 74.2 Å². The summed E-state index contributed by atoms with van der Waals surface area (Å²) in [5.41, 5.74) is 5.16. The Morgan fingerprint density at radius 1 is 0.947 bits per heavy atom. The zero-order chi connectivity index (χ0) is 14.0. The Hall–Kier alpha value is -2.09. The molecule has 2 rings (SSSR count). The van der Waals surface area contributed by atoms with E-state index in [0.29, 0.717) is 5.56 Å². The molecular weight excluding hydrogens is 236 g/mol. The zero-order valence-corrected chi connectivity index (χ0v) is 11.8. The molecule has 0 spiro atoms. The number of carbonyl (C=O) groups excluding carboxylic acids is 1. The molecule has 0 heterocycles. The Morgan fingerprint density at radius 2 is 1.68 bits per heavy atom. The average molecular weight is 254 g/mol. The van der Waals surface area contributed by atoms with Gasteiger partial charge in [0.2, 0.25) is 0 Å². The third-order valence-electron chi connectivity index (χ3n) is 3.36. The molecule has 2 heteroatoms. The van der Waals surface area contributed by atoms with Gasteiger partial charge in [-0.2, -0.15) is 0 Å². The van der Waals surface area contributed by atoms with E-state index in [4.69, 9.17) is 4.74 Å². The van der Waals surface area contributed by atoms with Gasteiger partial charge in [-0.25, -0.2) is 0 Å². The summed E-state index contributed by atoms with van der Waals surface area (Å²) in [6.07, 6.45) is 0.862. The van der Waals surface area contributed by atoms with Gasteiger partial charge in [0.1, 0.15) is 17.8 Å². The van der Waals surface area contributed by atoms with Gasteiger partial charge in [0.05, 0.1) is 0 Å². The largest absolute Gasteiger partial charge is 0.457 e. The Bertz CT molecular complexity index is 627. The van der Waals surface area contributed by atoms with Crippen LogP contribution < -0.4 is 4.74 Å². The lowest BCUT2D eigenvalue weighted by atomic mass is 10.1. The summed E-state index contributed by atoms with van der Waals surface area (Å²) in [6.45, 7) is 8.09. The van der Waals surface area contributed by atoms with E-state index < -0.39 is 0 Å². The van der Waals surface area contributed by atoms with Crippen molar-refractivity contribution in [3.8, 4) is 11.5 Å². The molecule has 0 radical (unpaired) electrons. The first-order valence-electron chi connectivity index (χ1n) is 6.33. The minimum Gasteiger partial charge on any atom is -0.457 e. The second-order valence-corrected chi connectivity index (χ2v) is 4.94. The van der Waals surface area contributed by atoms with Crippen molar-refractivity contribution in [1.82, 2.24) is 0 Å². The van der Waals surface area contributed by atoms with Gasteiger partial charge in [0.15, 0.2) is 0 Å². The molecule has 0 unspecified atom stereocenters. The second kappa shape index (κ2) is 5.27. The van der Waals surface area contributed by atoms with Crippen molar-refractivity contribution in [2.24, 2.45) is 0 Å². The average Bonchev–Trinajstić information content (AvgIpc) is 2.35. The van der Waals surface area contributed by atoms with Crippen molar-refractivity contribution < 1.29 is 9.53 Å². The first kappa shape index (κ1) is 13.3. The SMILES string of the molecule is Cc1cc(C)c(C)c(Oc2ccc(C=O)c(C)c2)c1. The van der Waals surface area contributed by atoms with E-state index >= 15 is 0 Å². The van der Waals surface area contributed by atoms with E-state index in [0.717, 1.165) is 28.9 Å². The number of aldehydes is 1. The van der Waals surface area contributed by atoms with Gasteiger partial charge in [-0.1, -0.05) is 6.07 Å². The van der Waals surface area contributed by atoms with E-state index in [1.54, 1.807) is 6.07 Å². The number of hydrogen-bond acceptors (Lipinski definition) is 2. The van der Waals surface area contributed by atoms with Crippen molar-refractivity contribution in [2.75, 3.05) is 0 Å². The fraction of sp³-hybridized carbons (Fsp3) is 0.235. The maximum absolute atomic E-state index is 10.8. The Morgan fingerprint density at radius 3 is 2.32 bits per heavy atom. The normalized spacial score (nSPS) is 10.3. The fourth-order valence-electron chi connectivity index (χ4n) is 2.08. The minimum atomic E-state index is 0.699. The van der Waals surface area contributed by atoms with Crippen LogP contribution in [0.2, 0.25) is 0 Å². The number of aryl methyl sites for hydroxylation is 3. The highest BCUT2D eigenvalue weighted by Crippen LogP contribution is 2.29. The third kappa shape index (κ3) is 2.84. The summed E-state index contributed by atoms with van der Waals surface area (Å²) in [4.78, 5) is 10.8. The minimum absolute atomic E-state index is 0.699. The third-order valence-corrected chi connectivity index (χ3v) is 3.36. The number of rotatable bonds is 3. The van der Waals surface area contributed by atoms with Crippen LogP contribution in [-0.2, 0) is 0 Å². The van der Waals surface area contributed by atoms with Gasteiger partial charge in [-0.15, -0.1) is 0 Å². The lowest BCUT2D eigenvalue weighted by molar-refractivity contribution is 0.112. The Balaban J connectivity index is 2.36. The van der Waals surface area contributed by atoms with Crippen LogP contribution in [0, 0.1) is 27.7 Å². The number of hydrogen-bond donors (Lipinski definition) is 0. The van der Waals surface area contributed by atoms with Crippen molar-refractivity contribution in [2.45, 2.75) is 27.7 Å². The molecule has 0 N–H and O–H groups in total. The van der Waals surface area contributed by atoms with Crippen molar-refractivity contribution in [1.29, 1.82) is 0 Å². The molecule has 0 aliphatic carbocycles. The summed E-state index contributed by atoms with van der Waals surface area (Å²) < 4.78 is 5.94. The van der Waals surface area contributed by atoms with Crippen LogP contribution in [0.15, 0.2) is 30.3 Å². The van der Waals surface area contributed by atoms with Crippen molar-refractivity contribution >= 4 is 6.29 Å². The first-order valence-corrected chi connectivity index (χ1v) is 6.33. The van der Waals surface area contributed by atoms with Crippen LogP contribution in [0.3, 0.4) is 0 Å². The number of ether oxygens (including phenoxy) is 1. The first-order chi connectivity index (χ1) is 9.01. The molecule has 19 heavy (non-hydrogen) atoms. The summed E-state index contributed by atoms with van der Waals surface area (Å²) in [5, 5.41) is 0. The van der Waals surface area contributed by atoms with Crippen LogP contribution >= 0.6 is 0 Å². The monoisotopic (exact) mass is 254 g/mol. The molecule has 0 fully saturated rings. The molecule has 0 aliphatic heterocycles. The smallest absolute Gasteiger partial charge is 0.150 e. The predicted molar refractivity (Wildman–Crippen MR) is 77.3 cm³/mol. The van der Waals surface area contributed by atoms with E-state index in [2.05, 4.69) is 26.8 Å². The molecule has 0 saturated heterocycles. The standard InChI is InChI=1S/C17H18O2/c1-11-7-12(2)14(4)17(8-11)19-16-6-5-15(10-18)13(3)9-16/h5-10H,1-4H3. The summed E-state index contributed by atoms with van der Waals surface area (Å²) in [7, 11) is 0. The van der Waals surface area contributed by atoms with Crippen LogP contribution in [0.1, 0.15) is 32.6 Å². The van der Waals surface area contributed by atoms with E-state index in [-0.39, 0.29) is 0 Å². The second-order valence-electron chi connectivity index (χ2n) is 4.94. The Labute approximate surface area is 114 Å². The zero-order valence-electron chi connectivity index (χ0n) is 11.8. The van der Waals surface area contributed by atoms with Crippen LogP contribution in [0.4, 0.5) is 0 Å². The highest BCUT2D eigenvalue weighted by molar-refractivity contribution is 5.77. The number of carbonyl (C=O) groups is 1. The highest BCUT2D eigenvalue weighted by Gasteiger charge is 2.06. The Kier molecular flexibility index (Phi) is 3.70. The lowest BCUT2D eigenvalue weighted by Crippen LogP contribution is -1.93. The van der Waals surface area contributed by atoms with Crippen molar-refractivity contribution in [3.63, 3.8) is 0 Å². The summed E-state index contributed by atoms with van der Waals surface area (Å²) in [5.74, 6) is 1.63. The highest BCUT2D eigenvalue weighted by atomic mass is 16.5. The fourth-order valence-corrected chi connectivity index (χ4v) is 2.08. The lowest BCUT2D eigenvalue weighted by Gasteiger charge is -2.13. The van der Waals surface area contributed by atoms with E-state index in [1.165, 1.54) is 11.1 Å². The van der Waals surface area contributed by atoms with E-state index in [9.17, 15) is 4.79 Å². The molecule has 0 saturated carbocycles. The van der Waals surface area contributed by atoms with Crippen LogP contribution in [0.25, 0.3) is 0 Å². The maximum Gasteiger partial charge on any atom is 0.150 e. The van der Waals surface area contributed by atoms with Crippen LogP contribution in [-0.4, -0.2) is 6.29 Å². The van der Waals surface area contributed by atoms with Gasteiger partial charge >= 0.3 is 0 Å². The molecule has 2 nitrogen and oxygen atoms in total. The molecule has 98 valence electrons. The molecule has 0 aromatic heterocycles. The molecule has 0 atom stereocenters. The molecule has 2 aromatic rings. The molecular formula is C17H18O2. The quantitative estimate of drug-likeness (QED) is 0.752. The summed E-state index contributed by atoms with van der Waals surface area (Å²) >= 11 is 0. The van der Waals surface area contributed by atoms with E-state index in [1.807, 2.05) is 25.1 Å². The van der Waals surface area contributed by atoms with Gasteiger partial charge < -0.3 is 4.74 Å². The molecule has 0 amide bonds. The summed E-state index contributed by atoms with van der Waals surface area (Å²) in [6, 6.07) is 9.68. The number of benzene rings is 2. The molecule has 0 aliphatic rings. The maximum atomic E-state index is 10.8. The topological polar surface area (TPSA) is 26.3 Å².